The van der Waals surface area contributed by atoms with Gasteiger partial charge in [-0.05, 0) is 12.1 Å². The van der Waals surface area contributed by atoms with E-state index >= 15 is 0 Å². The Morgan fingerprint density at radius 1 is 1.44 bits per heavy atom. The summed E-state index contributed by atoms with van der Waals surface area (Å²) < 4.78 is 6.49. The van der Waals surface area contributed by atoms with Gasteiger partial charge in [-0.1, -0.05) is 0 Å². The number of anilines is 1. The lowest BCUT2D eigenvalue weighted by Crippen LogP contribution is -2.07. The average molecular weight is 246 g/mol. The highest BCUT2D eigenvalue weighted by molar-refractivity contribution is 5.69. The smallest absolute Gasteiger partial charge is 0.307 e. The van der Waals surface area contributed by atoms with Crippen LogP contribution in [0.15, 0.2) is 30.9 Å². The van der Waals surface area contributed by atoms with E-state index in [9.17, 15) is 4.79 Å². The predicted octanol–water partition coefficient (Wildman–Crippen LogP) is 1.09. The van der Waals surface area contributed by atoms with Crippen molar-refractivity contribution in [3.05, 3.63) is 30.9 Å². The molecule has 2 rings (SSSR count). The lowest BCUT2D eigenvalue weighted by atomic mass is 10.2. The lowest BCUT2D eigenvalue weighted by Gasteiger charge is -2.07. The Morgan fingerprint density at radius 3 is 2.94 bits per heavy atom. The Labute approximate surface area is 104 Å². The van der Waals surface area contributed by atoms with Crippen molar-refractivity contribution in [1.82, 2.24) is 14.5 Å². The number of esters is 1. The highest BCUT2D eigenvalue weighted by atomic mass is 16.5. The first-order valence-corrected chi connectivity index (χ1v) is 5.49. The minimum atomic E-state index is -0.245. The van der Waals surface area contributed by atoms with Crippen LogP contribution in [0.2, 0.25) is 0 Å². The number of nitrogens with zero attached hydrogens (tertiary/aromatic N) is 3. The maximum Gasteiger partial charge on any atom is 0.307 e. The van der Waals surface area contributed by atoms with Crippen molar-refractivity contribution in [2.24, 2.45) is 0 Å². The van der Waals surface area contributed by atoms with E-state index in [2.05, 4.69) is 14.7 Å². The Kier molecular flexibility index (Phi) is 3.57. The summed E-state index contributed by atoms with van der Waals surface area (Å²) in [5.74, 6) is 0.226. The first-order chi connectivity index (χ1) is 8.70. The van der Waals surface area contributed by atoms with E-state index in [1.54, 1.807) is 24.8 Å². The van der Waals surface area contributed by atoms with E-state index < -0.39 is 0 Å². The largest absolute Gasteiger partial charge is 0.469 e. The van der Waals surface area contributed by atoms with Crippen LogP contribution in [0, 0.1) is 0 Å². The molecule has 6 heteroatoms. The van der Waals surface area contributed by atoms with Crippen LogP contribution in [-0.2, 0) is 16.1 Å². The van der Waals surface area contributed by atoms with Crippen molar-refractivity contribution in [3.8, 4) is 11.3 Å². The number of ether oxygens (including phenoxy) is 1. The average Bonchev–Trinajstić information content (AvgIpc) is 2.85. The Balaban J connectivity index is 2.17. The molecule has 18 heavy (non-hydrogen) atoms. The molecule has 0 aromatic carbocycles. The quantitative estimate of drug-likeness (QED) is 0.816. The number of nitrogen functional groups attached to an aromatic ring is 1. The van der Waals surface area contributed by atoms with Crippen LogP contribution in [0.1, 0.15) is 6.42 Å². The summed E-state index contributed by atoms with van der Waals surface area (Å²) in [7, 11) is 1.38. The third kappa shape index (κ3) is 2.65. The highest BCUT2D eigenvalue weighted by Gasteiger charge is 2.07. The minimum Gasteiger partial charge on any atom is -0.469 e. The fraction of sp³-hybridized carbons (Fsp3) is 0.250. The van der Waals surface area contributed by atoms with Gasteiger partial charge in [0.1, 0.15) is 5.82 Å². The molecule has 0 fully saturated rings. The highest BCUT2D eigenvalue weighted by Crippen LogP contribution is 2.18. The number of carbonyl (C=O) groups is 1. The van der Waals surface area contributed by atoms with Crippen LogP contribution >= 0.6 is 0 Å². The van der Waals surface area contributed by atoms with Crippen molar-refractivity contribution in [2.45, 2.75) is 13.0 Å². The zero-order valence-corrected chi connectivity index (χ0v) is 10.0. The van der Waals surface area contributed by atoms with Gasteiger partial charge in [-0.25, -0.2) is 9.97 Å². The molecule has 2 aromatic rings. The van der Waals surface area contributed by atoms with Gasteiger partial charge in [-0.15, -0.1) is 0 Å². The molecule has 2 N–H and O–H groups in total. The van der Waals surface area contributed by atoms with Gasteiger partial charge >= 0.3 is 5.97 Å². The van der Waals surface area contributed by atoms with Crippen LogP contribution in [0.3, 0.4) is 0 Å². The van der Waals surface area contributed by atoms with E-state index in [1.165, 1.54) is 7.11 Å². The van der Waals surface area contributed by atoms with Crippen molar-refractivity contribution in [3.63, 3.8) is 0 Å². The Morgan fingerprint density at radius 2 is 2.28 bits per heavy atom. The third-order valence-corrected chi connectivity index (χ3v) is 2.58. The number of hydrogen-bond donors (Lipinski definition) is 1. The topological polar surface area (TPSA) is 83.0 Å². The molecule has 0 radical (unpaired) electrons. The molecule has 0 unspecified atom stereocenters. The van der Waals surface area contributed by atoms with Crippen molar-refractivity contribution in [1.29, 1.82) is 0 Å². The monoisotopic (exact) mass is 246 g/mol. The molecule has 0 saturated carbocycles. The van der Waals surface area contributed by atoms with E-state index in [1.807, 2.05) is 10.6 Å². The number of nitrogens with two attached hydrogens (primary N) is 1. The molecule has 0 spiro atoms. The summed E-state index contributed by atoms with van der Waals surface area (Å²) in [6.45, 7) is 0.520. The van der Waals surface area contributed by atoms with Crippen molar-refractivity contribution in [2.75, 3.05) is 12.8 Å². The fourth-order valence-corrected chi connectivity index (χ4v) is 1.61. The molecule has 0 atom stereocenters. The Hall–Kier alpha value is -2.37. The number of aromatic nitrogens is 3. The summed E-state index contributed by atoms with van der Waals surface area (Å²) in [6, 6.07) is 3.60. The van der Waals surface area contributed by atoms with Crippen LogP contribution in [0.5, 0.6) is 0 Å². The van der Waals surface area contributed by atoms with Gasteiger partial charge in [0, 0.05) is 18.3 Å². The molecule has 0 aliphatic rings. The maximum atomic E-state index is 11.1. The molecule has 0 bridgehead atoms. The summed E-state index contributed by atoms with van der Waals surface area (Å²) in [4.78, 5) is 19.2. The van der Waals surface area contributed by atoms with Crippen LogP contribution < -0.4 is 5.73 Å². The van der Waals surface area contributed by atoms with Gasteiger partial charge in [0.25, 0.3) is 0 Å². The molecule has 6 nitrogen and oxygen atoms in total. The molecule has 94 valence electrons. The number of rotatable bonds is 4. The van der Waals surface area contributed by atoms with Gasteiger partial charge < -0.3 is 15.0 Å². The second-order valence-electron chi connectivity index (χ2n) is 3.77. The normalized spacial score (nSPS) is 10.3. The first-order valence-electron chi connectivity index (χ1n) is 5.49. The minimum absolute atomic E-state index is 0.245. The number of pyridine rings is 1. The third-order valence-electron chi connectivity index (χ3n) is 2.58. The number of hydrogen-bond acceptors (Lipinski definition) is 5. The van der Waals surface area contributed by atoms with E-state index in [-0.39, 0.29) is 5.97 Å². The summed E-state index contributed by atoms with van der Waals surface area (Å²) >= 11 is 0. The molecular weight excluding hydrogens is 232 g/mol. The van der Waals surface area contributed by atoms with Crippen molar-refractivity contribution < 1.29 is 9.53 Å². The second kappa shape index (κ2) is 5.31. The molecule has 2 heterocycles. The number of imidazole rings is 1. The summed E-state index contributed by atoms with van der Waals surface area (Å²) in [5.41, 5.74) is 7.34. The molecule has 0 amide bonds. The zero-order valence-electron chi connectivity index (χ0n) is 10.0. The van der Waals surface area contributed by atoms with Crippen LogP contribution in [0.4, 0.5) is 5.82 Å². The fourth-order valence-electron chi connectivity index (χ4n) is 1.61. The molecule has 0 aliphatic heterocycles. The molecular formula is C12H14N4O2. The van der Waals surface area contributed by atoms with E-state index in [0.29, 0.717) is 18.8 Å². The first kappa shape index (κ1) is 12.1. The summed E-state index contributed by atoms with van der Waals surface area (Å²) in [6.07, 6.45) is 5.39. The zero-order chi connectivity index (χ0) is 13.0. The van der Waals surface area contributed by atoms with Gasteiger partial charge in [0.05, 0.1) is 31.7 Å². The van der Waals surface area contributed by atoms with Crippen LogP contribution in [-0.4, -0.2) is 27.6 Å². The molecule has 0 saturated heterocycles. The second-order valence-corrected chi connectivity index (χ2v) is 3.77. The SMILES string of the molecule is COC(=O)CCn1cncc1-c1ccc(N)nc1. The van der Waals surface area contributed by atoms with Gasteiger partial charge in [-0.2, -0.15) is 0 Å². The molecule has 2 aromatic heterocycles. The van der Waals surface area contributed by atoms with E-state index in [4.69, 9.17) is 5.73 Å². The summed E-state index contributed by atoms with van der Waals surface area (Å²) in [5, 5.41) is 0. The van der Waals surface area contributed by atoms with Gasteiger partial charge in [-0.3, -0.25) is 4.79 Å². The maximum absolute atomic E-state index is 11.1. The number of methoxy groups -OCH3 is 1. The van der Waals surface area contributed by atoms with Gasteiger partial charge in [0.15, 0.2) is 0 Å². The number of carbonyl (C=O) groups excluding carboxylic acids is 1. The standard InChI is InChI=1S/C12H14N4O2/c1-18-12(17)4-5-16-8-14-7-10(16)9-2-3-11(13)15-6-9/h2-3,6-8H,4-5H2,1H3,(H2,13,15). The lowest BCUT2D eigenvalue weighted by molar-refractivity contribution is -0.140. The van der Waals surface area contributed by atoms with Crippen molar-refractivity contribution >= 4 is 11.8 Å². The van der Waals surface area contributed by atoms with Crippen LogP contribution in [0.25, 0.3) is 11.3 Å². The van der Waals surface area contributed by atoms with Gasteiger partial charge in [0.2, 0.25) is 0 Å². The number of aryl methyl sites for hydroxylation is 1. The molecule has 0 aliphatic carbocycles. The Bertz CT molecular complexity index is 533. The predicted molar refractivity (Wildman–Crippen MR) is 66.5 cm³/mol. The van der Waals surface area contributed by atoms with E-state index in [0.717, 1.165) is 11.3 Å².